The van der Waals surface area contributed by atoms with Crippen LogP contribution in [-0.4, -0.2) is 48.0 Å². The van der Waals surface area contributed by atoms with E-state index in [1.807, 2.05) is 4.90 Å². The fourth-order valence-corrected chi connectivity index (χ4v) is 1.35. The summed E-state index contributed by atoms with van der Waals surface area (Å²) in [5.74, 6) is -0.0467. The Balaban J connectivity index is 2.39. The zero-order valence-corrected chi connectivity index (χ0v) is 7.52. The summed E-state index contributed by atoms with van der Waals surface area (Å²) in [5, 5.41) is 12.8. The second-order valence-corrected chi connectivity index (χ2v) is 3.06. The van der Waals surface area contributed by atoms with Crippen LogP contribution in [0.2, 0.25) is 0 Å². The average molecular weight is 187 g/mol. The maximum Gasteiger partial charge on any atom is 0.237 e. The molecule has 0 bridgehead atoms. The molecule has 6 nitrogen and oxygen atoms in total. The Labute approximate surface area is 76.0 Å². The minimum Gasteiger partial charge on any atom is -0.353 e. The van der Waals surface area contributed by atoms with Crippen molar-refractivity contribution < 1.29 is 9.72 Å². The van der Waals surface area contributed by atoms with Gasteiger partial charge in [0, 0.05) is 18.0 Å². The van der Waals surface area contributed by atoms with Gasteiger partial charge in [0.2, 0.25) is 12.5 Å². The van der Waals surface area contributed by atoms with E-state index in [2.05, 4.69) is 5.32 Å². The fraction of sp³-hybridized carbons (Fsp3) is 0.857. The van der Waals surface area contributed by atoms with Crippen LogP contribution in [0.15, 0.2) is 0 Å². The number of piperazine rings is 1. The highest BCUT2D eigenvalue weighted by Gasteiger charge is 2.25. The zero-order valence-electron chi connectivity index (χ0n) is 7.52. The van der Waals surface area contributed by atoms with E-state index in [0.717, 1.165) is 0 Å². The van der Waals surface area contributed by atoms with Gasteiger partial charge in [-0.05, 0) is 6.92 Å². The van der Waals surface area contributed by atoms with Crippen molar-refractivity contribution in [1.82, 2.24) is 10.2 Å². The molecule has 0 aromatic rings. The van der Waals surface area contributed by atoms with Crippen LogP contribution in [0.4, 0.5) is 0 Å². The summed E-state index contributed by atoms with van der Waals surface area (Å²) < 4.78 is 0. The van der Waals surface area contributed by atoms with Crippen molar-refractivity contribution in [3.8, 4) is 0 Å². The first kappa shape index (κ1) is 9.91. The predicted molar refractivity (Wildman–Crippen MR) is 45.9 cm³/mol. The molecule has 1 aliphatic heterocycles. The Bertz CT molecular complexity index is 219. The highest BCUT2D eigenvalue weighted by molar-refractivity contribution is 5.81. The summed E-state index contributed by atoms with van der Waals surface area (Å²) >= 11 is 0. The Kier molecular flexibility index (Phi) is 3.18. The van der Waals surface area contributed by atoms with Gasteiger partial charge < -0.3 is 5.32 Å². The third-order valence-corrected chi connectivity index (χ3v) is 2.20. The number of nitrogens with one attached hydrogen (secondary N) is 1. The van der Waals surface area contributed by atoms with Gasteiger partial charge >= 0.3 is 0 Å². The van der Waals surface area contributed by atoms with Gasteiger partial charge in [0.15, 0.2) is 0 Å². The van der Waals surface area contributed by atoms with Gasteiger partial charge in [-0.2, -0.15) is 0 Å². The number of hydrogen-bond acceptors (Lipinski definition) is 4. The molecule has 1 aliphatic rings. The molecule has 0 aromatic heterocycles. The molecule has 1 N–H and O–H groups in total. The van der Waals surface area contributed by atoms with E-state index in [9.17, 15) is 14.9 Å². The molecule has 0 spiro atoms. The van der Waals surface area contributed by atoms with Crippen molar-refractivity contribution in [3.63, 3.8) is 0 Å². The Morgan fingerprint density at radius 3 is 3.08 bits per heavy atom. The van der Waals surface area contributed by atoms with Crippen LogP contribution in [0.1, 0.15) is 6.92 Å². The number of rotatable bonds is 3. The number of hydrogen-bond donors (Lipinski definition) is 1. The summed E-state index contributed by atoms with van der Waals surface area (Å²) in [5.41, 5.74) is 0. The van der Waals surface area contributed by atoms with Gasteiger partial charge in [-0.15, -0.1) is 0 Å². The minimum absolute atomic E-state index is 0.0467. The van der Waals surface area contributed by atoms with E-state index >= 15 is 0 Å². The molecular formula is C7H13N3O3. The van der Waals surface area contributed by atoms with E-state index < -0.39 is 0 Å². The number of nitro groups is 1. The summed E-state index contributed by atoms with van der Waals surface area (Å²) in [6.45, 7) is 3.29. The van der Waals surface area contributed by atoms with Crippen molar-refractivity contribution >= 4 is 5.91 Å². The summed E-state index contributed by atoms with van der Waals surface area (Å²) in [7, 11) is 0. The van der Waals surface area contributed by atoms with Crippen molar-refractivity contribution in [2.45, 2.75) is 13.0 Å². The molecule has 0 radical (unpaired) electrons. The lowest BCUT2D eigenvalue weighted by molar-refractivity contribution is -0.480. The molecule has 1 saturated heterocycles. The largest absolute Gasteiger partial charge is 0.353 e. The zero-order chi connectivity index (χ0) is 9.84. The number of carbonyl (C=O) groups excluding carboxylic acids is 1. The van der Waals surface area contributed by atoms with Gasteiger partial charge in [0.05, 0.1) is 12.6 Å². The van der Waals surface area contributed by atoms with Crippen LogP contribution >= 0.6 is 0 Å². The molecule has 6 heteroatoms. The van der Waals surface area contributed by atoms with Crippen molar-refractivity contribution in [1.29, 1.82) is 0 Å². The summed E-state index contributed by atoms with van der Waals surface area (Å²) in [4.78, 5) is 22.7. The molecule has 74 valence electrons. The lowest BCUT2D eigenvalue weighted by Crippen LogP contribution is -2.54. The molecule has 1 rings (SSSR count). The molecule has 1 amide bonds. The van der Waals surface area contributed by atoms with Crippen molar-refractivity contribution in [2.75, 3.05) is 26.2 Å². The second-order valence-electron chi connectivity index (χ2n) is 3.06. The van der Waals surface area contributed by atoms with Crippen LogP contribution in [0.5, 0.6) is 0 Å². The van der Waals surface area contributed by atoms with Crippen LogP contribution in [0.3, 0.4) is 0 Å². The minimum atomic E-state index is -0.362. The van der Waals surface area contributed by atoms with E-state index in [1.165, 1.54) is 0 Å². The molecule has 1 atom stereocenters. The lowest BCUT2D eigenvalue weighted by Gasteiger charge is -2.31. The average Bonchev–Trinajstić information content (AvgIpc) is 2.07. The molecule has 1 unspecified atom stereocenters. The Morgan fingerprint density at radius 1 is 1.77 bits per heavy atom. The van der Waals surface area contributed by atoms with Crippen molar-refractivity contribution in [3.05, 3.63) is 10.1 Å². The van der Waals surface area contributed by atoms with E-state index in [0.29, 0.717) is 19.6 Å². The maximum absolute atomic E-state index is 11.1. The molecule has 0 aliphatic carbocycles. The van der Waals surface area contributed by atoms with Crippen LogP contribution in [-0.2, 0) is 4.79 Å². The fourth-order valence-electron chi connectivity index (χ4n) is 1.35. The SMILES string of the molecule is CC1C(=O)NCCN1CC[N+](=O)[O-]. The normalized spacial score (nSPS) is 24.1. The molecule has 1 heterocycles. The quantitative estimate of drug-likeness (QED) is 0.458. The summed E-state index contributed by atoms with van der Waals surface area (Å²) in [6.07, 6.45) is 0. The van der Waals surface area contributed by atoms with Crippen LogP contribution in [0.25, 0.3) is 0 Å². The van der Waals surface area contributed by atoms with Crippen molar-refractivity contribution in [2.24, 2.45) is 0 Å². The molecule has 13 heavy (non-hydrogen) atoms. The maximum atomic E-state index is 11.1. The first-order valence-electron chi connectivity index (χ1n) is 4.25. The third-order valence-electron chi connectivity index (χ3n) is 2.20. The predicted octanol–water partition coefficient (Wildman–Crippen LogP) is -0.917. The molecule has 1 fully saturated rings. The van der Waals surface area contributed by atoms with Gasteiger partial charge in [0.25, 0.3) is 0 Å². The monoisotopic (exact) mass is 187 g/mol. The molecular weight excluding hydrogens is 174 g/mol. The van der Waals surface area contributed by atoms with E-state index in [4.69, 9.17) is 0 Å². The van der Waals surface area contributed by atoms with E-state index in [1.54, 1.807) is 6.92 Å². The van der Waals surface area contributed by atoms with Crippen LogP contribution < -0.4 is 5.32 Å². The Hall–Kier alpha value is -1.17. The topological polar surface area (TPSA) is 75.5 Å². The second kappa shape index (κ2) is 4.18. The third kappa shape index (κ3) is 2.66. The number of nitrogens with zero attached hydrogens (tertiary/aromatic N) is 2. The smallest absolute Gasteiger partial charge is 0.237 e. The van der Waals surface area contributed by atoms with E-state index in [-0.39, 0.29) is 23.4 Å². The van der Waals surface area contributed by atoms with Gasteiger partial charge in [0.1, 0.15) is 0 Å². The molecule has 0 saturated carbocycles. The number of amides is 1. The standard InChI is InChI=1S/C7H13N3O3/c1-6-7(11)8-2-3-9(6)4-5-10(12)13/h6H,2-5H2,1H3,(H,8,11). The van der Waals surface area contributed by atoms with Crippen LogP contribution in [0, 0.1) is 10.1 Å². The lowest BCUT2D eigenvalue weighted by atomic mass is 10.2. The first-order chi connectivity index (χ1) is 6.11. The highest BCUT2D eigenvalue weighted by Crippen LogP contribution is 2.02. The number of carbonyl (C=O) groups is 1. The first-order valence-corrected chi connectivity index (χ1v) is 4.25. The Morgan fingerprint density at radius 2 is 2.46 bits per heavy atom. The summed E-state index contributed by atoms with van der Waals surface area (Å²) in [6, 6.07) is -0.242. The highest BCUT2D eigenvalue weighted by atomic mass is 16.6. The molecule has 0 aromatic carbocycles. The van der Waals surface area contributed by atoms with Gasteiger partial charge in [-0.1, -0.05) is 0 Å². The van der Waals surface area contributed by atoms with Gasteiger partial charge in [-0.3, -0.25) is 19.8 Å². The van der Waals surface area contributed by atoms with Gasteiger partial charge in [-0.25, -0.2) is 0 Å².